The van der Waals surface area contributed by atoms with E-state index in [0.29, 0.717) is 6.54 Å². The second-order valence-electron chi connectivity index (χ2n) is 3.95. The van der Waals surface area contributed by atoms with Crippen molar-refractivity contribution in [3.05, 3.63) is 51.7 Å². The summed E-state index contributed by atoms with van der Waals surface area (Å²) in [4.78, 5) is 0. The van der Waals surface area contributed by atoms with Crippen molar-refractivity contribution in [2.75, 3.05) is 5.32 Å². The Hall–Kier alpha value is -1.26. The van der Waals surface area contributed by atoms with E-state index < -0.39 is 0 Å². The zero-order chi connectivity index (χ0) is 13.1. The maximum atomic E-state index is 6.10. The van der Waals surface area contributed by atoms with Crippen LogP contribution in [0.4, 0.5) is 5.69 Å². The van der Waals surface area contributed by atoms with Crippen LogP contribution in [0.15, 0.2) is 35.6 Å². The highest BCUT2D eigenvalue weighted by molar-refractivity contribution is 9.10. The molecular weight excluding hydrogens is 314 g/mol. The fourth-order valence-corrected chi connectivity index (χ4v) is 2.31. The molecule has 0 radical (unpaired) electrons. The van der Waals surface area contributed by atoms with Crippen LogP contribution in [0.25, 0.3) is 6.20 Å². The third-order valence-electron chi connectivity index (χ3n) is 2.57. The summed E-state index contributed by atoms with van der Waals surface area (Å²) >= 11 is 9.62. The third-order valence-corrected chi connectivity index (χ3v) is 3.64. The predicted molar refractivity (Wildman–Crippen MR) is 79.8 cm³/mol. The largest absolute Gasteiger partial charge is 0.380 e. The summed E-state index contributed by atoms with van der Waals surface area (Å²) in [7, 11) is 0. The quantitative estimate of drug-likeness (QED) is 0.907. The predicted octanol–water partition coefficient (Wildman–Crippen LogP) is 4.32. The van der Waals surface area contributed by atoms with Gasteiger partial charge in [-0.1, -0.05) is 18.2 Å². The van der Waals surface area contributed by atoms with Gasteiger partial charge in [0.05, 0.1) is 11.9 Å². The molecule has 94 valence electrons. The number of halogens is 2. The van der Waals surface area contributed by atoms with Gasteiger partial charge in [0.25, 0.3) is 0 Å². The first-order valence-corrected chi connectivity index (χ1v) is 6.62. The molecule has 2 aromatic rings. The number of nitrogens with one attached hydrogen (secondary N) is 1. The minimum atomic E-state index is 0.686. The van der Waals surface area contributed by atoms with E-state index in [2.05, 4.69) is 32.9 Å². The molecule has 0 amide bonds. The van der Waals surface area contributed by atoms with Crippen LogP contribution in [0.3, 0.4) is 0 Å². The summed E-state index contributed by atoms with van der Waals surface area (Å²) in [5.41, 5.74) is 3.10. The highest BCUT2D eigenvalue weighted by Gasteiger charge is 2.04. The number of hydrogen-bond acceptors (Lipinski definition) is 2. The van der Waals surface area contributed by atoms with Gasteiger partial charge in [0, 0.05) is 34.0 Å². The van der Waals surface area contributed by atoms with Crippen LogP contribution in [0.5, 0.6) is 0 Å². The topological polar surface area (TPSA) is 29.9 Å². The molecule has 0 aliphatic carbocycles. The highest BCUT2D eigenvalue weighted by Crippen LogP contribution is 2.29. The summed E-state index contributed by atoms with van der Waals surface area (Å²) in [6.45, 7) is 6.32. The van der Waals surface area contributed by atoms with E-state index >= 15 is 0 Å². The summed E-state index contributed by atoms with van der Waals surface area (Å²) < 4.78 is 2.68. The molecule has 5 heteroatoms. The molecule has 0 saturated heterocycles. The molecule has 2 rings (SSSR count). The lowest BCUT2D eigenvalue weighted by Crippen LogP contribution is -1.99. The van der Waals surface area contributed by atoms with Gasteiger partial charge in [-0.05, 0) is 40.5 Å². The van der Waals surface area contributed by atoms with Crippen LogP contribution in [-0.2, 0) is 6.54 Å². The Kier molecular flexibility index (Phi) is 4.09. The van der Waals surface area contributed by atoms with Crippen molar-refractivity contribution < 1.29 is 0 Å². The summed E-state index contributed by atoms with van der Waals surface area (Å²) in [6, 6.07) is 3.91. The van der Waals surface area contributed by atoms with Crippen LogP contribution < -0.4 is 5.32 Å². The van der Waals surface area contributed by atoms with Crippen molar-refractivity contribution in [1.82, 2.24) is 9.78 Å². The van der Waals surface area contributed by atoms with E-state index in [4.69, 9.17) is 11.6 Å². The van der Waals surface area contributed by atoms with Crippen molar-refractivity contribution in [3.8, 4) is 0 Å². The first-order chi connectivity index (χ1) is 8.60. The Labute approximate surface area is 120 Å². The zero-order valence-corrected chi connectivity index (χ0v) is 12.3. The number of hydrogen-bond donors (Lipinski definition) is 1. The SMILES string of the molecule is C=Cn1cc(CNc2cc(Cl)c(C)cc2Br)cn1. The van der Waals surface area contributed by atoms with Gasteiger partial charge >= 0.3 is 0 Å². The smallest absolute Gasteiger partial charge is 0.0543 e. The zero-order valence-electron chi connectivity index (χ0n) is 9.95. The molecule has 0 bridgehead atoms. The maximum absolute atomic E-state index is 6.10. The molecule has 0 unspecified atom stereocenters. The van der Waals surface area contributed by atoms with Crippen LogP contribution >= 0.6 is 27.5 Å². The number of aromatic nitrogens is 2. The number of rotatable bonds is 4. The van der Waals surface area contributed by atoms with Crippen molar-refractivity contribution in [2.45, 2.75) is 13.5 Å². The normalized spacial score (nSPS) is 10.4. The van der Waals surface area contributed by atoms with Gasteiger partial charge in [-0.15, -0.1) is 0 Å². The first kappa shape index (κ1) is 13.2. The Bertz CT molecular complexity index is 578. The van der Waals surface area contributed by atoms with Crippen LogP contribution in [0, 0.1) is 6.92 Å². The minimum Gasteiger partial charge on any atom is -0.380 e. The average Bonchev–Trinajstić information content (AvgIpc) is 2.80. The lowest BCUT2D eigenvalue weighted by Gasteiger charge is -2.09. The monoisotopic (exact) mass is 325 g/mol. The van der Waals surface area contributed by atoms with Gasteiger partial charge in [-0.25, -0.2) is 4.68 Å². The molecule has 0 saturated carbocycles. The number of nitrogens with zero attached hydrogens (tertiary/aromatic N) is 2. The third kappa shape index (κ3) is 2.94. The van der Waals surface area contributed by atoms with Crippen molar-refractivity contribution >= 4 is 39.4 Å². The summed E-state index contributed by atoms with van der Waals surface area (Å²) in [5.74, 6) is 0. The number of aryl methyl sites for hydroxylation is 1. The Balaban J connectivity index is 2.10. The maximum Gasteiger partial charge on any atom is 0.0543 e. The Morgan fingerprint density at radius 3 is 3.00 bits per heavy atom. The molecular formula is C13H13BrClN3. The van der Waals surface area contributed by atoms with Crippen molar-refractivity contribution in [1.29, 1.82) is 0 Å². The molecule has 0 spiro atoms. The fourth-order valence-electron chi connectivity index (χ4n) is 1.55. The molecule has 1 aromatic heterocycles. The molecule has 1 heterocycles. The molecule has 0 atom stereocenters. The second kappa shape index (κ2) is 5.59. The van der Waals surface area contributed by atoms with Gasteiger partial charge in [-0.2, -0.15) is 5.10 Å². The molecule has 18 heavy (non-hydrogen) atoms. The lowest BCUT2D eigenvalue weighted by molar-refractivity contribution is 0.936. The van der Waals surface area contributed by atoms with Gasteiger partial charge in [-0.3, -0.25) is 0 Å². The van der Waals surface area contributed by atoms with Crippen LogP contribution in [0.2, 0.25) is 5.02 Å². The van der Waals surface area contributed by atoms with E-state index in [1.807, 2.05) is 25.3 Å². The lowest BCUT2D eigenvalue weighted by atomic mass is 10.2. The summed E-state index contributed by atoms with van der Waals surface area (Å²) in [5, 5.41) is 8.19. The molecule has 0 aliphatic rings. The molecule has 1 aromatic carbocycles. The molecule has 0 fully saturated rings. The molecule has 0 aliphatic heterocycles. The van der Waals surface area contributed by atoms with E-state index in [1.165, 1.54) is 0 Å². The standard InChI is InChI=1S/C13H13BrClN3/c1-3-18-8-10(7-17-18)6-16-13-5-12(15)9(2)4-11(13)14/h3-5,7-8,16H,1,6H2,2H3. The van der Waals surface area contributed by atoms with Crippen molar-refractivity contribution in [2.24, 2.45) is 0 Å². The number of anilines is 1. The average molecular weight is 327 g/mol. The highest BCUT2D eigenvalue weighted by atomic mass is 79.9. The summed E-state index contributed by atoms with van der Waals surface area (Å²) in [6.07, 6.45) is 5.38. The Morgan fingerprint density at radius 1 is 1.56 bits per heavy atom. The van der Waals surface area contributed by atoms with Gasteiger partial charge in [0.15, 0.2) is 0 Å². The molecule has 1 N–H and O–H groups in total. The molecule has 3 nitrogen and oxygen atoms in total. The van der Waals surface area contributed by atoms with Crippen LogP contribution in [-0.4, -0.2) is 9.78 Å². The number of benzene rings is 1. The second-order valence-corrected chi connectivity index (χ2v) is 5.21. The van der Waals surface area contributed by atoms with E-state index in [-0.39, 0.29) is 0 Å². The van der Waals surface area contributed by atoms with Crippen molar-refractivity contribution in [3.63, 3.8) is 0 Å². The van der Waals surface area contributed by atoms with Gasteiger partial charge in [0.1, 0.15) is 0 Å². The van der Waals surface area contributed by atoms with Gasteiger partial charge < -0.3 is 5.32 Å². The van der Waals surface area contributed by atoms with E-state index in [0.717, 1.165) is 26.3 Å². The van der Waals surface area contributed by atoms with E-state index in [1.54, 1.807) is 17.1 Å². The first-order valence-electron chi connectivity index (χ1n) is 5.45. The van der Waals surface area contributed by atoms with E-state index in [9.17, 15) is 0 Å². The van der Waals surface area contributed by atoms with Crippen LogP contribution in [0.1, 0.15) is 11.1 Å². The Morgan fingerprint density at radius 2 is 2.33 bits per heavy atom. The van der Waals surface area contributed by atoms with Gasteiger partial charge in [0.2, 0.25) is 0 Å². The minimum absolute atomic E-state index is 0.686. The fraction of sp³-hybridized carbons (Fsp3) is 0.154.